The Morgan fingerprint density at radius 2 is 1.59 bits per heavy atom. The van der Waals surface area contributed by atoms with E-state index in [2.05, 4.69) is 26.0 Å². The van der Waals surface area contributed by atoms with Gasteiger partial charge in [-0.15, -0.1) is 0 Å². The summed E-state index contributed by atoms with van der Waals surface area (Å²) in [6.45, 7) is 10.4. The van der Waals surface area contributed by atoms with Crippen LogP contribution in [0.3, 0.4) is 0 Å². The molecule has 0 unspecified atom stereocenters. The van der Waals surface area contributed by atoms with E-state index in [1.165, 1.54) is 5.56 Å². The van der Waals surface area contributed by atoms with Gasteiger partial charge < -0.3 is 9.47 Å². The molecule has 0 aromatic heterocycles. The van der Waals surface area contributed by atoms with Crippen LogP contribution in [0.15, 0.2) is 24.3 Å². The maximum Gasteiger partial charge on any atom is 0.119 e. The smallest absolute Gasteiger partial charge is 0.119 e. The van der Waals surface area contributed by atoms with Gasteiger partial charge in [-0.05, 0) is 44.4 Å². The number of ether oxygens (including phenoxy) is 2. The summed E-state index contributed by atoms with van der Waals surface area (Å²) in [6.07, 6.45) is 0. The largest absolute Gasteiger partial charge is 0.497 e. The molecule has 0 heterocycles. The van der Waals surface area contributed by atoms with Crippen molar-refractivity contribution in [1.29, 1.82) is 0 Å². The van der Waals surface area contributed by atoms with E-state index in [9.17, 15) is 0 Å². The van der Waals surface area contributed by atoms with E-state index in [1.54, 1.807) is 14.2 Å². The summed E-state index contributed by atoms with van der Waals surface area (Å²) in [5.74, 6) is 1.52. The molecule has 0 saturated carbocycles. The van der Waals surface area contributed by atoms with Crippen molar-refractivity contribution in [2.75, 3.05) is 14.2 Å². The molecule has 0 aliphatic carbocycles. The summed E-state index contributed by atoms with van der Waals surface area (Å²) in [5, 5.41) is 0. The number of rotatable bonds is 2. The van der Waals surface area contributed by atoms with Gasteiger partial charge in [-0.25, -0.2) is 0 Å². The van der Waals surface area contributed by atoms with Crippen molar-refractivity contribution in [3.8, 4) is 5.75 Å². The quantitative estimate of drug-likeness (QED) is 0.767. The predicted octanol–water partition coefficient (Wildman–Crippen LogP) is 4.25. The molecule has 0 aliphatic rings. The summed E-state index contributed by atoms with van der Waals surface area (Å²) in [7, 11) is 3.40. The Balaban J connectivity index is 0.000000366. The molecular formula is C15H26O2. The van der Waals surface area contributed by atoms with Gasteiger partial charge in [-0.2, -0.15) is 0 Å². The molecule has 0 amide bonds. The third-order valence-corrected chi connectivity index (χ3v) is 2.37. The predicted molar refractivity (Wildman–Crippen MR) is 73.8 cm³/mol. The fraction of sp³-hybridized carbons (Fsp3) is 0.600. The van der Waals surface area contributed by atoms with Crippen LogP contribution in [0.4, 0.5) is 0 Å². The first-order valence-corrected chi connectivity index (χ1v) is 5.99. The Morgan fingerprint density at radius 1 is 1.06 bits per heavy atom. The maximum atomic E-state index is 5.11. The van der Waals surface area contributed by atoms with E-state index in [0.717, 1.165) is 5.75 Å². The Bertz CT molecular complexity index is 311. The van der Waals surface area contributed by atoms with E-state index in [0.29, 0.717) is 5.92 Å². The second kappa shape index (κ2) is 7.33. The van der Waals surface area contributed by atoms with Crippen LogP contribution in [-0.2, 0) is 4.74 Å². The molecule has 0 saturated heterocycles. The minimum atomic E-state index is 0.0417. The zero-order valence-electron chi connectivity index (χ0n) is 12.2. The average molecular weight is 238 g/mol. The Labute approximate surface area is 106 Å². The second-order valence-corrected chi connectivity index (χ2v) is 5.25. The summed E-state index contributed by atoms with van der Waals surface area (Å²) in [5.41, 5.74) is 1.37. The first-order chi connectivity index (χ1) is 7.80. The van der Waals surface area contributed by atoms with Crippen LogP contribution >= 0.6 is 0 Å². The zero-order valence-corrected chi connectivity index (χ0v) is 12.2. The number of hydrogen-bond acceptors (Lipinski definition) is 2. The standard InChI is InChI=1S/C10H14O.C5H12O/c1-8(2)9-5-4-6-10(7-9)11-3;1-5(2,3)6-4/h4-8H,1-3H3;1-4H3. The molecule has 0 N–H and O–H groups in total. The van der Waals surface area contributed by atoms with Crippen molar-refractivity contribution in [1.82, 2.24) is 0 Å². The maximum absolute atomic E-state index is 5.11. The fourth-order valence-electron chi connectivity index (χ4n) is 1.00. The molecular weight excluding hydrogens is 212 g/mol. The molecule has 1 aromatic carbocycles. The van der Waals surface area contributed by atoms with Gasteiger partial charge in [-0.3, -0.25) is 0 Å². The molecule has 2 nitrogen and oxygen atoms in total. The van der Waals surface area contributed by atoms with Gasteiger partial charge in [0, 0.05) is 7.11 Å². The molecule has 0 atom stereocenters. The highest BCUT2D eigenvalue weighted by Crippen LogP contribution is 2.19. The van der Waals surface area contributed by atoms with Gasteiger partial charge in [0.1, 0.15) is 5.75 Å². The summed E-state index contributed by atoms with van der Waals surface area (Å²) < 4.78 is 10.0. The Kier molecular flexibility index (Phi) is 6.89. The molecule has 0 fully saturated rings. The number of hydrogen-bond donors (Lipinski definition) is 0. The first kappa shape index (κ1) is 16.0. The van der Waals surface area contributed by atoms with Crippen LogP contribution in [-0.4, -0.2) is 19.8 Å². The van der Waals surface area contributed by atoms with Crippen LogP contribution < -0.4 is 4.74 Å². The molecule has 17 heavy (non-hydrogen) atoms. The average Bonchev–Trinajstić information content (AvgIpc) is 2.29. The van der Waals surface area contributed by atoms with E-state index in [1.807, 2.05) is 32.9 Å². The van der Waals surface area contributed by atoms with E-state index in [4.69, 9.17) is 9.47 Å². The lowest BCUT2D eigenvalue weighted by atomic mass is 10.0. The van der Waals surface area contributed by atoms with Gasteiger partial charge in [0.25, 0.3) is 0 Å². The molecule has 98 valence electrons. The minimum Gasteiger partial charge on any atom is -0.497 e. The number of methoxy groups -OCH3 is 2. The van der Waals surface area contributed by atoms with Crippen LogP contribution in [0.2, 0.25) is 0 Å². The molecule has 0 aliphatic heterocycles. The molecule has 0 bridgehead atoms. The normalized spacial score (nSPS) is 10.8. The highest BCUT2D eigenvalue weighted by molar-refractivity contribution is 5.29. The van der Waals surface area contributed by atoms with Gasteiger partial charge >= 0.3 is 0 Å². The third-order valence-electron chi connectivity index (χ3n) is 2.37. The van der Waals surface area contributed by atoms with E-state index in [-0.39, 0.29) is 5.60 Å². The lowest BCUT2D eigenvalue weighted by Crippen LogP contribution is -2.15. The molecule has 1 aromatic rings. The van der Waals surface area contributed by atoms with Gasteiger partial charge in [0.2, 0.25) is 0 Å². The lowest BCUT2D eigenvalue weighted by molar-refractivity contribution is 0.0397. The molecule has 0 spiro atoms. The SMILES string of the molecule is COC(C)(C)C.COc1cccc(C(C)C)c1. The fourth-order valence-corrected chi connectivity index (χ4v) is 1.00. The first-order valence-electron chi connectivity index (χ1n) is 5.99. The molecule has 1 rings (SSSR count). The lowest BCUT2D eigenvalue weighted by Gasteiger charge is -2.14. The summed E-state index contributed by atoms with van der Waals surface area (Å²) in [6, 6.07) is 8.18. The number of benzene rings is 1. The summed E-state index contributed by atoms with van der Waals surface area (Å²) >= 11 is 0. The Morgan fingerprint density at radius 3 is 1.94 bits per heavy atom. The van der Waals surface area contributed by atoms with Gasteiger partial charge in [0.05, 0.1) is 12.7 Å². The van der Waals surface area contributed by atoms with E-state index >= 15 is 0 Å². The van der Waals surface area contributed by atoms with E-state index < -0.39 is 0 Å². The van der Waals surface area contributed by atoms with Crippen molar-refractivity contribution in [2.45, 2.75) is 46.1 Å². The van der Waals surface area contributed by atoms with Crippen molar-refractivity contribution in [3.63, 3.8) is 0 Å². The van der Waals surface area contributed by atoms with Crippen molar-refractivity contribution >= 4 is 0 Å². The topological polar surface area (TPSA) is 18.5 Å². The van der Waals surface area contributed by atoms with Crippen LogP contribution in [0, 0.1) is 0 Å². The third kappa shape index (κ3) is 7.81. The molecule has 2 heteroatoms. The molecule has 0 radical (unpaired) electrons. The van der Waals surface area contributed by atoms with Crippen LogP contribution in [0.5, 0.6) is 5.75 Å². The Hall–Kier alpha value is -1.02. The van der Waals surface area contributed by atoms with Crippen LogP contribution in [0.25, 0.3) is 0 Å². The minimum absolute atomic E-state index is 0.0417. The van der Waals surface area contributed by atoms with Crippen LogP contribution in [0.1, 0.15) is 46.1 Å². The summed E-state index contributed by atoms with van der Waals surface area (Å²) in [4.78, 5) is 0. The second-order valence-electron chi connectivity index (χ2n) is 5.25. The van der Waals surface area contributed by atoms with Crippen molar-refractivity contribution in [2.24, 2.45) is 0 Å². The monoisotopic (exact) mass is 238 g/mol. The zero-order chi connectivity index (χ0) is 13.5. The van der Waals surface area contributed by atoms with Gasteiger partial charge in [-0.1, -0.05) is 26.0 Å². The van der Waals surface area contributed by atoms with Crippen molar-refractivity contribution in [3.05, 3.63) is 29.8 Å². The highest BCUT2D eigenvalue weighted by Gasteiger charge is 2.04. The van der Waals surface area contributed by atoms with Crippen molar-refractivity contribution < 1.29 is 9.47 Å². The van der Waals surface area contributed by atoms with Gasteiger partial charge in [0.15, 0.2) is 0 Å². The highest BCUT2D eigenvalue weighted by atomic mass is 16.5.